The number of halogens is 1. The fraction of sp³-hybridized carbons (Fsp3) is 0.348. The van der Waals surface area contributed by atoms with E-state index in [0.717, 1.165) is 0 Å². The molecule has 0 saturated carbocycles. The topological polar surface area (TPSA) is 104 Å². The Morgan fingerprint density at radius 3 is 2.38 bits per heavy atom. The van der Waals surface area contributed by atoms with Crippen LogP contribution in [0.1, 0.15) is 43.6 Å². The number of ether oxygens (including phenoxy) is 3. The van der Waals surface area contributed by atoms with E-state index in [2.05, 4.69) is 25.9 Å². The Morgan fingerprint density at radius 2 is 1.81 bits per heavy atom. The molecule has 1 aromatic carbocycles. The second kappa shape index (κ2) is 11.5. The first kappa shape index (κ1) is 25.2. The number of carbonyl (C=O) groups excluding carboxylic acids is 3. The summed E-state index contributed by atoms with van der Waals surface area (Å²) >= 11 is 3.37. The number of methoxy groups -OCH3 is 1. The molecule has 0 N–H and O–H groups in total. The normalized spacial score (nSPS) is 12.1. The van der Waals surface area contributed by atoms with Crippen molar-refractivity contribution in [1.82, 2.24) is 4.98 Å². The van der Waals surface area contributed by atoms with Crippen molar-refractivity contribution in [3.63, 3.8) is 0 Å². The number of aliphatic imine (C=N–C) groups is 1. The minimum atomic E-state index is -0.756. The molecule has 2 aromatic rings. The van der Waals surface area contributed by atoms with Gasteiger partial charge in [-0.15, -0.1) is 0 Å². The van der Waals surface area contributed by atoms with Crippen LogP contribution in [0.15, 0.2) is 46.1 Å². The lowest BCUT2D eigenvalue weighted by atomic mass is 10.1. The maximum Gasteiger partial charge on any atom is 0.345 e. The lowest BCUT2D eigenvalue weighted by Gasteiger charge is -2.16. The molecule has 0 bridgehead atoms. The molecule has 8 nitrogen and oxygen atoms in total. The molecule has 170 valence electrons. The van der Waals surface area contributed by atoms with Crippen molar-refractivity contribution in [2.75, 3.05) is 7.11 Å². The summed E-state index contributed by atoms with van der Waals surface area (Å²) in [4.78, 5) is 45.2. The highest BCUT2D eigenvalue weighted by Gasteiger charge is 2.24. The second-order valence-electron chi connectivity index (χ2n) is 7.52. The summed E-state index contributed by atoms with van der Waals surface area (Å²) in [5.41, 5.74) is 0.575. The van der Waals surface area contributed by atoms with Crippen LogP contribution >= 0.6 is 15.9 Å². The average Bonchev–Trinajstić information content (AvgIpc) is 2.75. The number of esters is 3. The molecule has 0 spiro atoms. The van der Waals surface area contributed by atoms with E-state index < -0.39 is 29.9 Å². The summed E-state index contributed by atoms with van der Waals surface area (Å²) < 4.78 is 16.4. The van der Waals surface area contributed by atoms with Crippen LogP contribution < -0.4 is 9.47 Å². The van der Waals surface area contributed by atoms with Crippen molar-refractivity contribution < 1.29 is 28.6 Å². The van der Waals surface area contributed by atoms with Gasteiger partial charge in [0.1, 0.15) is 6.04 Å². The zero-order chi connectivity index (χ0) is 23.8. The van der Waals surface area contributed by atoms with Crippen LogP contribution in [0, 0.1) is 11.8 Å². The van der Waals surface area contributed by atoms with E-state index >= 15 is 0 Å². The molecule has 1 aromatic heterocycles. The van der Waals surface area contributed by atoms with Crippen LogP contribution in [-0.4, -0.2) is 42.3 Å². The lowest BCUT2D eigenvalue weighted by molar-refractivity contribution is -0.143. The first-order chi connectivity index (χ1) is 15.1. The summed E-state index contributed by atoms with van der Waals surface area (Å²) in [5.74, 6) is -2.21. The van der Waals surface area contributed by atoms with Crippen molar-refractivity contribution >= 4 is 40.1 Å². The van der Waals surface area contributed by atoms with Crippen LogP contribution in [-0.2, 0) is 14.3 Å². The van der Waals surface area contributed by atoms with Gasteiger partial charge in [0, 0.05) is 28.6 Å². The molecule has 0 aliphatic heterocycles. The van der Waals surface area contributed by atoms with E-state index in [-0.39, 0.29) is 23.0 Å². The van der Waals surface area contributed by atoms with Gasteiger partial charge >= 0.3 is 17.9 Å². The molecule has 32 heavy (non-hydrogen) atoms. The van der Waals surface area contributed by atoms with Gasteiger partial charge in [-0.05, 0) is 30.2 Å². The first-order valence-corrected chi connectivity index (χ1v) is 10.7. The Bertz CT molecular complexity index is 1010. The largest absolute Gasteiger partial charge is 0.467 e. The number of nitrogens with zero attached hydrogens (tertiary/aromatic N) is 2. The minimum absolute atomic E-state index is 0.0141. The summed E-state index contributed by atoms with van der Waals surface area (Å²) in [5, 5.41) is 0. The number of carbonyl (C=O) groups is 3. The number of benzene rings is 1. The summed E-state index contributed by atoms with van der Waals surface area (Å²) in [7, 11) is 1.29. The SMILES string of the molecule is COC(=O)C(N=Cc1cc(Br)cc(OC(=O)c2cccnc2)c1OC(=O)C(C)C)C(C)C. The highest BCUT2D eigenvalue weighted by molar-refractivity contribution is 9.10. The van der Waals surface area contributed by atoms with Crippen molar-refractivity contribution in [3.05, 3.63) is 52.3 Å². The first-order valence-electron chi connectivity index (χ1n) is 9.92. The molecule has 1 unspecified atom stereocenters. The molecule has 0 aliphatic carbocycles. The number of hydrogen-bond acceptors (Lipinski definition) is 8. The van der Waals surface area contributed by atoms with E-state index in [0.29, 0.717) is 10.0 Å². The number of hydrogen-bond donors (Lipinski definition) is 0. The number of rotatable bonds is 8. The fourth-order valence-electron chi connectivity index (χ4n) is 2.52. The molecule has 2 rings (SSSR count). The zero-order valence-corrected chi connectivity index (χ0v) is 20.1. The van der Waals surface area contributed by atoms with Gasteiger partial charge in [-0.2, -0.15) is 0 Å². The number of aromatic nitrogens is 1. The van der Waals surface area contributed by atoms with Crippen LogP contribution in [0.2, 0.25) is 0 Å². The molecule has 0 radical (unpaired) electrons. The van der Waals surface area contributed by atoms with Crippen LogP contribution in [0.5, 0.6) is 11.5 Å². The maximum absolute atomic E-state index is 12.6. The Kier molecular flexibility index (Phi) is 9.07. The third-order valence-electron chi connectivity index (χ3n) is 4.27. The molecular formula is C23H25BrN2O6. The molecule has 0 amide bonds. The predicted molar refractivity (Wildman–Crippen MR) is 122 cm³/mol. The van der Waals surface area contributed by atoms with Crippen LogP contribution in [0.3, 0.4) is 0 Å². The van der Waals surface area contributed by atoms with Gasteiger partial charge in [-0.25, -0.2) is 9.59 Å². The van der Waals surface area contributed by atoms with Gasteiger partial charge in [0.05, 0.1) is 18.6 Å². The summed E-state index contributed by atoms with van der Waals surface area (Å²) in [6, 6.07) is 5.55. The Hall–Kier alpha value is -3.07. The van der Waals surface area contributed by atoms with Crippen molar-refractivity contribution in [2.45, 2.75) is 33.7 Å². The quantitative estimate of drug-likeness (QED) is 0.300. The highest BCUT2D eigenvalue weighted by atomic mass is 79.9. The smallest absolute Gasteiger partial charge is 0.345 e. The van der Waals surface area contributed by atoms with Gasteiger partial charge in [-0.3, -0.25) is 14.8 Å². The van der Waals surface area contributed by atoms with Crippen LogP contribution in [0.4, 0.5) is 0 Å². The molecule has 1 atom stereocenters. The zero-order valence-electron chi connectivity index (χ0n) is 18.5. The van der Waals surface area contributed by atoms with Gasteiger partial charge in [0.25, 0.3) is 0 Å². The van der Waals surface area contributed by atoms with E-state index in [1.54, 1.807) is 32.0 Å². The van der Waals surface area contributed by atoms with E-state index in [9.17, 15) is 14.4 Å². The molecule has 9 heteroatoms. The average molecular weight is 505 g/mol. The summed E-state index contributed by atoms with van der Waals surface area (Å²) in [6.07, 6.45) is 4.30. The summed E-state index contributed by atoms with van der Waals surface area (Å²) in [6.45, 7) is 7.03. The van der Waals surface area contributed by atoms with Gasteiger partial charge < -0.3 is 14.2 Å². The monoisotopic (exact) mass is 504 g/mol. The maximum atomic E-state index is 12.6. The third-order valence-corrected chi connectivity index (χ3v) is 4.73. The van der Waals surface area contributed by atoms with E-state index in [4.69, 9.17) is 14.2 Å². The van der Waals surface area contributed by atoms with Gasteiger partial charge in [0.15, 0.2) is 11.5 Å². The Morgan fingerprint density at radius 1 is 1.09 bits per heavy atom. The van der Waals surface area contributed by atoms with Crippen molar-refractivity contribution in [2.24, 2.45) is 16.8 Å². The molecule has 0 saturated heterocycles. The molecular weight excluding hydrogens is 480 g/mol. The lowest BCUT2D eigenvalue weighted by Crippen LogP contribution is -2.26. The van der Waals surface area contributed by atoms with Gasteiger partial charge in [0.2, 0.25) is 0 Å². The number of pyridine rings is 1. The minimum Gasteiger partial charge on any atom is -0.467 e. The molecule has 0 aliphatic rings. The predicted octanol–water partition coefficient (Wildman–Crippen LogP) is 4.24. The Labute approximate surface area is 195 Å². The fourth-order valence-corrected chi connectivity index (χ4v) is 2.97. The van der Waals surface area contributed by atoms with E-state index in [1.807, 2.05) is 13.8 Å². The van der Waals surface area contributed by atoms with Crippen LogP contribution in [0.25, 0.3) is 0 Å². The standard InChI is InChI=1S/C23H25BrN2O6/c1-13(2)19(23(29)30-5)26-12-16-9-17(24)10-18(20(16)32-21(27)14(3)4)31-22(28)15-7-6-8-25-11-15/h6-14,19H,1-5H3. The van der Waals surface area contributed by atoms with E-state index in [1.165, 1.54) is 31.8 Å². The second-order valence-corrected chi connectivity index (χ2v) is 8.44. The van der Waals surface area contributed by atoms with Gasteiger partial charge in [-0.1, -0.05) is 43.6 Å². The highest BCUT2D eigenvalue weighted by Crippen LogP contribution is 2.35. The molecule has 0 fully saturated rings. The Balaban J connectivity index is 2.52. The van der Waals surface area contributed by atoms with Crippen molar-refractivity contribution in [3.8, 4) is 11.5 Å². The molecule has 1 heterocycles. The third kappa shape index (κ3) is 6.71. The van der Waals surface area contributed by atoms with Crippen molar-refractivity contribution in [1.29, 1.82) is 0 Å².